The minimum absolute atomic E-state index is 0.0338. The summed E-state index contributed by atoms with van der Waals surface area (Å²) in [7, 11) is -4.23. The van der Waals surface area contributed by atoms with Crippen molar-refractivity contribution in [3.05, 3.63) is 77.9 Å². The van der Waals surface area contributed by atoms with Crippen molar-refractivity contribution < 1.29 is 27.5 Å². The first-order valence-electron chi connectivity index (χ1n) is 13.6. The van der Waals surface area contributed by atoms with Gasteiger partial charge >= 0.3 is 5.97 Å². The van der Waals surface area contributed by atoms with Gasteiger partial charge in [0, 0.05) is 43.6 Å². The number of amides is 1. The van der Waals surface area contributed by atoms with Gasteiger partial charge in [-0.05, 0) is 54.2 Å². The maximum Gasteiger partial charge on any atom is 0.323 e. The van der Waals surface area contributed by atoms with Crippen LogP contribution in [0.3, 0.4) is 0 Å². The van der Waals surface area contributed by atoms with E-state index in [9.17, 15) is 27.5 Å². The molecular weight excluding hydrogens is 563 g/mol. The van der Waals surface area contributed by atoms with Crippen molar-refractivity contribution in [2.45, 2.75) is 56.0 Å². The smallest absolute Gasteiger partial charge is 0.323 e. The first-order chi connectivity index (χ1) is 19.8. The molecular formula is C29H35FN6O5S. The quantitative estimate of drug-likeness (QED) is 0.276. The van der Waals surface area contributed by atoms with Crippen molar-refractivity contribution in [3.8, 4) is 0 Å². The minimum Gasteiger partial charge on any atom is -0.480 e. The zero-order valence-corrected chi connectivity index (χ0v) is 24.5. The molecule has 1 saturated heterocycles. The summed E-state index contributed by atoms with van der Waals surface area (Å²) in [6.07, 6.45) is 4.70. The van der Waals surface area contributed by atoms with Crippen LogP contribution in [0.2, 0.25) is 0 Å². The predicted molar refractivity (Wildman–Crippen MR) is 157 cm³/mol. The lowest BCUT2D eigenvalue weighted by molar-refractivity contribution is -0.138. The summed E-state index contributed by atoms with van der Waals surface area (Å²) in [6, 6.07) is 10.5. The van der Waals surface area contributed by atoms with Gasteiger partial charge < -0.3 is 20.6 Å². The molecule has 0 radical (unpaired) electrons. The molecule has 2 aromatic carbocycles. The number of sulfonamides is 1. The lowest BCUT2D eigenvalue weighted by Crippen LogP contribution is -2.48. The number of carbonyl (C=O) groups is 2. The van der Waals surface area contributed by atoms with E-state index in [2.05, 4.69) is 25.3 Å². The van der Waals surface area contributed by atoms with Gasteiger partial charge in [0.15, 0.2) is 0 Å². The van der Waals surface area contributed by atoms with Crippen molar-refractivity contribution in [3.63, 3.8) is 0 Å². The van der Waals surface area contributed by atoms with Gasteiger partial charge in [-0.25, -0.2) is 22.8 Å². The highest BCUT2D eigenvalue weighted by Gasteiger charge is 2.30. The van der Waals surface area contributed by atoms with Crippen molar-refractivity contribution in [1.82, 2.24) is 20.0 Å². The highest BCUT2D eigenvalue weighted by Crippen LogP contribution is 2.29. The number of nitrogens with one attached hydrogen (secondary N) is 3. The van der Waals surface area contributed by atoms with Crippen LogP contribution in [0, 0.1) is 5.82 Å². The van der Waals surface area contributed by atoms with E-state index in [0.29, 0.717) is 37.4 Å². The monoisotopic (exact) mass is 598 g/mol. The zero-order chi connectivity index (χ0) is 30.5. The molecule has 0 saturated carbocycles. The van der Waals surface area contributed by atoms with Gasteiger partial charge in [0.05, 0.1) is 10.6 Å². The topological polar surface area (TPSA) is 154 Å². The predicted octanol–water partition coefficient (Wildman–Crippen LogP) is 3.16. The highest BCUT2D eigenvalue weighted by atomic mass is 32.2. The van der Waals surface area contributed by atoms with Crippen LogP contribution in [0.25, 0.3) is 0 Å². The number of hydrogen-bond acceptors (Lipinski definition) is 8. The van der Waals surface area contributed by atoms with Crippen LogP contribution in [-0.4, -0.2) is 67.1 Å². The fraction of sp³-hybridized carbons (Fsp3) is 0.379. The van der Waals surface area contributed by atoms with Gasteiger partial charge in [-0.2, -0.15) is 4.72 Å². The molecule has 1 atom stereocenters. The molecule has 11 nitrogen and oxygen atoms in total. The number of aromatic nitrogens is 2. The number of carbonyl (C=O) groups excluding carboxylic acids is 1. The Hall–Kier alpha value is -4.10. The molecule has 1 aliphatic heterocycles. The Kier molecular flexibility index (Phi) is 9.42. The molecule has 0 spiro atoms. The molecule has 1 aromatic heterocycles. The van der Waals surface area contributed by atoms with E-state index in [1.807, 2.05) is 25.7 Å². The number of hydrogen-bond donors (Lipinski definition) is 4. The molecule has 42 heavy (non-hydrogen) atoms. The van der Waals surface area contributed by atoms with Crippen LogP contribution >= 0.6 is 0 Å². The third-order valence-corrected chi connectivity index (χ3v) is 8.52. The first kappa shape index (κ1) is 30.8. The lowest BCUT2D eigenvalue weighted by atomic mass is 9.87. The van der Waals surface area contributed by atoms with Crippen LogP contribution in [0.1, 0.15) is 49.5 Å². The molecule has 1 fully saturated rings. The summed E-state index contributed by atoms with van der Waals surface area (Å²) in [5.41, 5.74) is 0.388. The Labute approximate surface area is 244 Å². The number of nitrogens with zero attached hydrogens (tertiary/aromatic N) is 3. The number of halogens is 1. The number of carboxylic acid groups (broad SMARTS) is 1. The highest BCUT2D eigenvalue weighted by molar-refractivity contribution is 7.89. The fourth-order valence-electron chi connectivity index (χ4n) is 4.76. The Bertz CT molecular complexity index is 1520. The maximum absolute atomic E-state index is 14.8. The van der Waals surface area contributed by atoms with Crippen molar-refractivity contribution >= 4 is 33.5 Å². The van der Waals surface area contributed by atoms with E-state index in [4.69, 9.17) is 0 Å². The Morgan fingerprint density at radius 2 is 1.74 bits per heavy atom. The van der Waals surface area contributed by atoms with Gasteiger partial charge in [-0.15, -0.1) is 0 Å². The zero-order valence-electron chi connectivity index (χ0n) is 23.7. The summed E-state index contributed by atoms with van der Waals surface area (Å²) in [4.78, 5) is 35.0. The van der Waals surface area contributed by atoms with Crippen LogP contribution in [0.4, 0.5) is 16.0 Å². The van der Waals surface area contributed by atoms with E-state index in [1.165, 1.54) is 24.3 Å². The Balaban J connectivity index is 1.40. The Morgan fingerprint density at radius 1 is 1.07 bits per heavy atom. The molecule has 2 heterocycles. The normalized spacial score (nSPS) is 15.2. The summed E-state index contributed by atoms with van der Waals surface area (Å²) >= 11 is 0. The van der Waals surface area contributed by atoms with Crippen LogP contribution < -0.4 is 20.3 Å². The number of aliphatic carboxylic acids is 1. The molecule has 224 valence electrons. The SMILES string of the molecule is CC(C)(C)c1ccccc1S(=O)(=O)N[C@@H](CNC(=O)c1ccc(F)c(N2CCC(Nc3ncccn3)CC2)c1)C(=O)O. The maximum atomic E-state index is 14.8. The average Bonchev–Trinajstić information content (AvgIpc) is 2.96. The van der Waals surface area contributed by atoms with E-state index in [0.717, 1.165) is 0 Å². The third-order valence-electron chi connectivity index (χ3n) is 6.99. The van der Waals surface area contributed by atoms with Crippen LogP contribution in [0.15, 0.2) is 65.8 Å². The van der Waals surface area contributed by atoms with Crippen LogP contribution in [0.5, 0.6) is 0 Å². The number of anilines is 2. The van der Waals surface area contributed by atoms with Gasteiger partial charge in [-0.3, -0.25) is 9.59 Å². The molecule has 0 unspecified atom stereocenters. The largest absolute Gasteiger partial charge is 0.480 e. The van der Waals surface area contributed by atoms with Gasteiger partial charge in [0.1, 0.15) is 11.9 Å². The number of piperidine rings is 1. The van der Waals surface area contributed by atoms with E-state index in [1.54, 1.807) is 36.7 Å². The fourth-order valence-corrected chi connectivity index (χ4v) is 6.37. The lowest BCUT2D eigenvalue weighted by Gasteiger charge is -2.34. The van der Waals surface area contributed by atoms with E-state index < -0.39 is 45.7 Å². The second-order valence-corrected chi connectivity index (χ2v) is 12.8. The summed E-state index contributed by atoms with van der Waals surface area (Å²) in [5.74, 6) is -2.07. The van der Waals surface area contributed by atoms with Crippen molar-refractivity contribution in [1.29, 1.82) is 0 Å². The molecule has 1 amide bonds. The van der Waals surface area contributed by atoms with Crippen molar-refractivity contribution in [2.75, 3.05) is 29.9 Å². The average molecular weight is 599 g/mol. The summed E-state index contributed by atoms with van der Waals surface area (Å²) in [6.45, 7) is 6.11. The third kappa shape index (κ3) is 7.59. The standard InChI is InChI=1S/C29H35FN6O5S/c1-29(2,3)21-7-4-5-8-25(21)42(40,41)35-23(27(38)39)18-33-26(37)19-9-10-22(30)24(17-19)36-15-11-20(12-16-36)34-28-31-13-6-14-32-28/h4-10,13-14,17,20,23,35H,11-12,15-16,18H2,1-3H3,(H,33,37)(H,38,39)(H,31,32,34)/t23-/m0/s1. The van der Waals surface area contributed by atoms with E-state index >= 15 is 0 Å². The Morgan fingerprint density at radius 3 is 2.38 bits per heavy atom. The molecule has 13 heteroatoms. The first-order valence-corrected chi connectivity index (χ1v) is 15.0. The van der Waals surface area contributed by atoms with Crippen LogP contribution in [-0.2, 0) is 20.2 Å². The van der Waals surface area contributed by atoms with Gasteiger partial charge in [0.25, 0.3) is 5.91 Å². The molecule has 1 aliphatic rings. The van der Waals surface area contributed by atoms with E-state index in [-0.39, 0.29) is 22.2 Å². The minimum atomic E-state index is -4.23. The number of rotatable bonds is 10. The number of carboxylic acids is 1. The van der Waals surface area contributed by atoms with Gasteiger partial charge in [-0.1, -0.05) is 39.0 Å². The molecule has 3 aromatic rings. The molecule has 0 bridgehead atoms. The van der Waals surface area contributed by atoms with Crippen molar-refractivity contribution in [2.24, 2.45) is 0 Å². The number of benzene rings is 2. The molecule has 4 N–H and O–H groups in total. The second kappa shape index (κ2) is 12.8. The van der Waals surface area contributed by atoms with Gasteiger partial charge in [0.2, 0.25) is 16.0 Å². The second-order valence-electron chi connectivity index (χ2n) is 11.1. The molecule has 0 aliphatic carbocycles. The summed E-state index contributed by atoms with van der Waals surface area (Å²) in [5, 5.41) is 15.5. The molecule has 4 rings (SSSR count). The summed E-state index contributed by atoms with van der Waals surface area (Å²) < 4.78 is 43.3.